The van der Waals surface area contributed by atoms with Crippen LogP contribution in [0.2, 0.25) is 0 Å². The van der Waals surface area contributed by atoms with E-state index in [1.165, 1.54) is 6.42 Å². The molecule has 0 aromatic heterocycles. The maximum Gasteiger partial charge on any atom is -0.0327 e. The lowest BCUT2D eigenvalue weighted by Crippen LogP contribution is -2.23. The van der Waals surface area contributed by atoms with Crippen molar-refractivity contribution >= 4 is 0 Å². The summed E-state index contributed by atoms with van der Waals surface area (Å²) < 4.78 is 0. The van der Waals surface area contributed by atoms with Crippen LogP contribution in [0.25, 0.3) is 0 Å². The Hall–Kier alpha value is 0. The van der Waals surface area contributed by atoms with E-state index in [4.69, 9.17) is 0 Å². The van der Waals surface area contributed by atoms with E-state index in [1.807, 2.05) is 0 Å². The number of hydrogen-bond donors (Lipinski definition) is 0. The molecule has 0 nitrogen and oxygen atoms in total. The molecule has 0 radical (unpaired) electrons. The van der Waals surface area contributed by atoms with Gasteiger partial charge in [0.1, 0.15) is 0 Å². The molecule has 1 aliphatic rings. The van der Waals surface area contributed by atoms with Gasteiger partial charge in [0.15, 0.2) is 0 Å². The summed E-state index contributed by atoms with van der Waals surface area (Å²) in [7, 11) is 0. The quantitative estimate of drug-likeness (QED) is 0.598. The normalized spacial score (nSPS) is 38.0. The fourth-order valence-electron chi connectivity index (χ4n) is 2.45. The van der Waals surface area contributed by atoms with Gasteiger partial charge in [-0.2, -0.15) is 0 Å². The fraction of sp³-hybridized carbons (Fsp3) is 1.00. The van der Waals surface area contributed by atoms with Crippen molar-refractivity contribution in [2.24, 2.45) is 29.1 Å². The molecule has 12 heavy (non-hydrogen) atoms. The third-order valence-corrected chi connectivity index (χ3v) is 4.62. The largest absolute Gasteiger partial charge is 0.0649 e. The molecule has 0 N–H and O–H groups in total. The van der Waals surface area contributed by atoms with Crippen molar-refractivity contribution < 1.29 is 0 Å². The van der Waals surface area contributed by atoms with Crippen molar-refractivity contribution in [1.29, 1.82) is 0 Å². The summed E-state index contributed by atoms with van der Waals surface area (Å²) in [6.45, 7) is 14.4. The summed E-state index contributed by atoms with van der Waals surface area (Å²) >= 11 is 0. The van der Waals surface area contributed by atoms with Gasteiger partial charge >= 0.3 is 0 Å². The van der Waals surface area contributed by atoms with Crippen molar-refractivity contribution in [3.63, 3.8) is 0 Å². The van der Waals surface area contributed by atoms with Gasteiger partial charge in [-0.3, -0.25) is 0 Å². The van der Waals surface area contributed by atoms with Gasteiger partial charge < -0.3 is 0 Å². The second kappa shape index (κ2) is 3.05. The van der Waals surface area contributed by atoms with Crippen LogP contribution in [-0.2, 0) is 0 Å². The fourth-order valence-corrected chi connectivity index (χ4v) is 2.45. The Morgan fingerprint density at radius 1 is 1.17 bits per heavy atom. The van der Waals surface area contributed by atoms with Gasteiger partial charge in [0, 0.05) is 0 Å². The molecule has 1 saturated carbocycles. The number of rotatable bonds is 3. The highest BCUT2D eigenvalue weighted by atomic mass is 14.5. The lowest BCUT2D eigenvalue weighted by atomic mass is 9.74. The molecule has 72 valence electrons. The van der Waals surface area contributed by atoms with E-state index in [0.29, 0.717) is 5.41 Å². The monoisotopic (exact) mass is 168 g/mol. The maximum absolute atomic E-state index is 2.44. The van der Waals surface area contributed by atoms with E-state index in [2.05, 4.69) is 41.5 Å². The highest BCUT2D eigenvalue weighted by molar-refractivity contribution is 4.97. The van der Waals surface area contributed by atoms with Crippen LogP contribution in [0, 0.1) is 29.1 Å². The summed E-state index contributed by atoms with van der Waals surface area (Å²) in [6, 6.07) is 0. The minimum atomic E-state index is 0.545. The molecule has 0 aromatic carbocycles. The summed E-state index contributed by atoms with van der Waals surface area (Å²) in [5.74, 6) is 3.85. The molecule has 0 heteroatoms. The molecule has 0 aliphatic heterocycles. The molecule has 3 unspecified atom stereocenters. The Bertz CT molecular complexity index is 149. The Kier molecular flexibility index (Phi) is 2.56. The molecule has 1 rings (SSSR count). The van der Waals surface area contributed by atoms with E-state index < -0.39 is 0 Å². The summed E-state index contributed by atoms with van der Waals surface area (Å²) in [4.78, 5) is 0. The Morgan fingerprint density at radius 3 is 1.83 bits per heavy atom. The Labute approximate surface area is 77.7 Å². The minimum Gasteiger partial charge on any atom is -0.0649 e. The van der Waals surface area contributed by atoms with Gasteiger partial charge in [0.25, 0.3) is 0 Å². The molecule has 1 fully saturated rings. The van der Waals surface area contributed by atoms with Gasteiger partial charge in [-0.15, -0.1) is 0 Å². The first kappa shape index (κ1) is 10.1. The molecule has 0 heterocycles. The van der Waals surface area contributed by atoms with Gasteiger partial charge in [0.05, 0.1) is 0 Å². The summed E-state index contributed by atoms with van der Waals surface area (Å²) in [5.41, 5.74) is 0.545. The van der Waals surface area contributed by atoms with Crippen LogP contribution in [0.4, 0.5) is 0 Å². The zero-order valence-electron chi connectivity index (χ0n) is 9.52. The third kappa shape index (κ3) is 1.53. The Morgan fingerprint density at radius 2 is 1.58 bits per heavy atom. The van der Waals surface area contributed by atoms with E-state index in [1.54, 1.807) is 0 Å². The van der Waals surface area contributed by atoms with Gasteiger partial charge in [-0.1, -0.05) is 48.0 Å². The van der Waals surface area contributed by atoms with Gasteiger partial charge in [-0.05, 0) is 29.1 Å². The van der Waals surface area contributed by atoms with E-state index in [9.17, 15) is 0 Å². The van der Waals surface area contributed by atoms with Crippen LogP contribution >= 0.6 is 0 Å². The smallest absolute Gasteiger partial charge is 0.0327 e. The Balaban J connectivity index is 2.54. The predicted octanol–water partition coefficient (Wildman–Crippen LogP) is 3.96. The van der Waals surface area contributed by atoms with Crippen LogP contribution in [0.1, 0.15) is 48.0 Å². The first-order valence-corrected chi connectivity index (χ1v) is 5.41. The average molecular weight is 168 g/mol. The molecule has 0 aromatic rings. The van der Waals surface area contributed by atoms with Crippen LogP contribution in [0.3, 0.4) is 0 Å². The van der Waals surface area contributed by atoms with Crippen LogP contribution in [-0.4, -0.2) is 0 Å². The zero-order chi connectivity index (χ0) is 9.52. The molecule has 1 aliphatic carbocycles. The van der Waals surface area contributed by atoms with E-state index >= 15 is 0 Å². The van der Waals surface area contributed by atoms with Crippen molar-refractivity contribution in [2.75, 3.05) is 0 Å². The van der Waals surface area contributed by atoms with Crippen LogP contribution in [0.5, 0.6) is 0 Å². The van der Waals surface area contributed by atoms with Gasteiger partial charge in [0.2, 0.25) is 0 Å². The molecule has 0 spiro atoms. The van der Waals surface area contributed by atoms with E-state index in [0.717, 1.165) is 23.7 Å². The number of hydrogen-bond acceptors (Lipinski definition) is 0. The summed E-state index contributed by atoms with van der Waals surface area (Å²) in [5, 5.41) is 0. The van der Waals surface area contributed by atoms with Crippen LogP contribution in [0.15, 0.2) is 0 Å². The minimum absolute atomic E-state index is 0.545. The zero-order valence-corrected chi connectivity index (χ0v) is 9.52. The third-order valence-electron chi connectivity index (χ3n) is 4.62. The second-order valence-corrected chi connectivity index (χ2v) is 5.43. The van der Waals surface area contributed by atoms with Crippen molar-refractivity contribution in [3.8, 4) is 0 Å². The second-order valence-electron chi connectivity index (χ2n) is 5.43. The van der Waals surface area contributed by atoms with Crippen LogP contribution < -0.4 is 0 Å². The standard InChI is InChI=1S/C12H24/c1-7-12(5,6)10(4)11-8(2)9(11)3/h8-11H,7H2,1-6H3. The van der Waals surface area contributed by atoms with Crippen molar-refractivity contribution in [2.45, 2.75) is 48.0 Å². The highest BCUT2D eigenvalue weighted by Gasteiger charge is 2.49. The van der Waals surface area contributed by atoms with Crippen molar-refractivity contribution in [1.82, 2.24) is 0 Å². The molecule has 3 atom stereocenters. The molecular formula is C12H24. The average Bonchev–Trinajstić information content (AvgIpc) is 2.59. The van der Waals surface area contributed by atoms with E-state index in [-0.39, 0.29) is 0 Å². The maximum atomic E-state index is 2.44. The lowest BCUT2D eigenvalue weighted by Gasteiger charge is -2.31. The molecule has 0 amide bonds. The van der Waals surface area contributed by atoms with Crippen molar-refractivity contribution in [3.05, 3.63) is 0 Å². The first-order valence-electron chi connectivity index (χ1n) is 5.41. The first-order chi connectivity index (χ1) is 5.41. The molecular weight excluding hydrogens is 144 g/mol. The highest BCUT2D eigenvalue weighted by Crippen LogP contribution is 2.55. The summed E-state index contributed by atoms with van der Waals surface area (Å²) in [6.07, 6.45) is 1.31. The SMILES string of the molecule is CCC(C)(C)C(C)C1C(C)C1C. The predicted molar refractivity (Wildman–Crippen MR) is 55.1 cm³/mol. The lowest BCUT2D eigenvalue weighted by molar-refractivity contribution is 0.186. The topological polar surface area (TPSA) is 0 Å². The molecule has 0 saturated heterocycles. The van der Waals surface area contributed by atoms with Gasteiger partial charge in [-0.25, -0.2) is 0 Å². The molecule has 0 bridgehead atoms.